The molecule has 1 N–H and O–H groups in total. The molecule has 0 aliphatic carbocycles. The van der Waals surface area contributed by atoms with E-state index in [-0.39, 0.29) is 15.2 Å². The van der Waals surface area contributed by atoms with Crippen LogP contribution in [0.4, 0.5) is 18.9 Å². The molecule has 0 unspecified atom stereocenters. The summed E-state index contributed by atoms with van der Waals surface area (Å²) < 4.78 is 66.0. The van der Waals surface area contributed by atoms with Gasteiger partial charge in [0.25, 0.3) is 10.0 Å². The van der Waals surface area contributed by atoms with E-state index in [0.717, 1.165) is 15.7 Å². The Hall–Kier alpha value is -0.520. The molecule has 0 aromatic heterocycles. The summed E-state index contributed by atoms with van der Waals surface area (Å²) in [6.45, 7) is 0. The Labute approximate surface area is 157 Å². The second-order valence-corrected chi connectivity index (χ2v) is 8.65. The monoisotopic (exact) mass is 539 g/mol. The number of hydrogen-bond acceptors (Lipinski definition) is 2. The highest BCUT2D eigenvalue weighted by molar-refractivity contribution is 14.1. The topological polar surface area (TPSA) is 46.2 Å². The van der Waals surface area contributed by atoms with Gasteiger partial charge in [-0.25, -0.2) is 8.42 Å². The van der Waals surface area contributed by atoms with Crippen molar-refractivity contribution < 1.29 is 21.6 Å². The number of sulfonamides is 1. The fourth-order valence-electron chi connectivity index (χ4n) is 1.66. The Bertz CT molecular complexity index is 859. The van der Waals surface area contributed by atoms with Crippen LogP contribution in [0.2, 0.25) is 5.02 Å². The summed E-state index contributed by atoms with van der Waals surface area (Å²) in [5, 5.41) is 0.145. The minimum Gasteiger partial charge on any atom is -0.278 e. The van der Waals surface area contributed by atoms with Gasteiger partial charge >= 0.3 is 6.18 Å². The number of nitrogens with one attached hydrogen (secondary N) is 1. The van der Waals surface area contributed by atoms with E-state index < -0.39 is 26.7 Å². The Morgan fingerprint density at radius 3 is 2.35 bits per heavy atom. The first-order chi connectivity index (χ1) is 10.5. The maximum atomic E-state index is 12.8. The Morgan fingerprint density at radius 1 is 1.13 bits per heavy atom. The van der Waals surface area contributed by atoms with E-state index in [1.165, 1.54) is 12.1 Å². The van der Waals surface area contributed by atoms with Gasteiger partial charge in [0.2, 0.25) is 0 Å². The van der Waals surface area contributed by atoms with Crippen molar-refractivity contribution >= 4 is 65.8 Å². The van der Waals surface area contributed by atoms with Crippen molar-refractivity contribution in [3.8, 4) is 0 Å². The molecule has 2 rings (SSSR count). The quantitative estimate of drug-likeness (QED) is 0.521. The minimum atomic E-state index is -4.66. The summed E-state index contributed by atoms with van der Waals surface area (Å²) in [5.74, 6) is 0. The molecule has 10 heteroatoms. The molecule has 3 nitrogen and oxygen atoms in total. The number of rotatable bonds is 3. The molecule has 0 bridgehead atoms. The van der Waals surface area contributed by atoms with Crippen molar-refractivity contribution in [2.75, 3.05) is 4.72 Å². The molecular weight excluding hydrogens is 533 g/mol. The molecule has 2 aromatic carbocycles. The van der Waals surface area contributed by atoms with Crippen molar-refractivity contribution in [1.82, 2.24) is 0 Å². The van der Waals surface area contributed by atoms with Gasteiger partial charge in [-0.3, -0.25) is 4.72 Å². The van der Waals surface area contributed by atoms with Gasteiger partial charge in [0, 0.05) is 8.04 Å². The molecule has 0 saturated heterocycles. The maximum absolute atomic E-state index is 12.8. The fraction of sp³-hybridized carbons (Fsp3) is 0.0769. The molecule has 0 aliphatic rings. The van der Waals surface area contributed by atoms with Gasteiger partial charge in [-0.1, -0.05) is 27.5 Å². The van der Waals surface area contributed by atoms with Gasteiger partial charge in [-0.05, 0) is 59.0 Å². The van der Waals surface area contributed by atoms with E-state index in [9.17, 15) is 21.6 Å². The maximum Gasteiger partial charge on any atom is 0.416 e. The van der Waals surface area contributed by atoms with Gasteiger partial charge < -0.3 is 0 Å². The normalized spacial score (nSPS) is 12.3. The van der Waals surface area contributed by atoms with Gasteiger partial charge in [-0.2, -0.15) is 13.2 Å². The van der Waals surface area contributed by atoms with E-state index in [4.69, 9.17) is 11.6 Å². The predicted molar refractivity (Wildman–Crippen MR) is 94.1 cm³/mol. The first-order valence-corrected chi connectivity index (χ1v) is 9.58. The Kier molecular flexibility index (Phi) is 5.54. The van der Waals surface area contributed by atoms with Crippen molar-refractivity contribution in [1.29, 1.82) is 0 Å². The molecule has 0 aliphatic heterocycles. The second kappa shape index (κ2) is 6.77. The van der Waals surface area contributed by atoms with E-state index in [1.54, 1.807) is 6.07 Å². The Balaban J connectivity index is 2.46. The van der Waals surface area contributed by atoms with Crippen molar-refractivity contribution in [3.63, 3.8) is 0 Å². The highest BCUT2D eigenvalue weighted by Crippen LogP contribution is 2.34. The third-order valence-electron chi connectivity index (χ3n) is 2.68. The summed E-state index contributed by atoms with van der Waals surface area (Å²) in [5.41, 5.74) is -0.985. The fourth-order valence-corrected chi connectivity index (χ4v) is 4.41. The minimum absolute atomic E-state index is 0.00130. The van der Waals surface area contributed by atoms with E-state index in [1.807, 2.05) is 22.6 Å². The zero-order valence-corrected chi connectivity index (χ0v) is 16.3. The smallest absolute Gasteiger partial charge is 0.278 e. The molecule has 0 spiro atoms. The highest BCUT2D eigenvalue weighted by atomic mass is 127. The number of halogens is 6. The summed E-state index contributed by atoms with van der Waals surface area (Å²) in [6, 6.07) is 7.03. The summed E-state index contributed by atoms with van der Waals surface area (Å²) in [4.78, 5) is -0.520. The molecule has 0 heterocycles. The second-order valence-electron chi connectivity index (χ2n) is 4.40. The molecule has 124 valence electrons. The molecule has 0 fully saturated rings. The average Bonchev–Trinajstić information content (AvgIpc) is 2.40. The number of anilines is 1. The van der Waals surface area contributed by atoms with Crippen LogP contribution in [0.3, 0.4) is 0 Å². The lowest BCUT2D eigenvalue weighted by molar-refractivity contribution is -0.137. The molecule has 23 heavy (non-hydrogen) atoms. The van der Waals surface area contributed by atoms with Crippen LogP contribution in [0.25, 0.3) is 0 Å². The van der Waals surface area contributed by atoms with Crippen LogP contribution in [-0.4, -0.2) is 8.42 Å². The lowest BCUT2D eigenvalue weighted by atomic mass is 10.2. The zero-order valence-electron chi connectivity index (χ0n) is 11.0. The highest BCUT2D eigenvalue weighted by Gasteiger charge is 2.32. The van der Waals surface area contributed by atoms with E-state index in [0.29, 0.717) is 6.07 Å². The molecule has 0 atom stereocenters. The lowest BCUT2D eigenvalue weighted by Crippen LogP contribution is -2.15. The van der Waals surface area contributed by atoms with Crippen LogP contribution < -0.4 is 4.72 Å². The van der Waals surface area contributed by atoms with Gasteiger partial charge in [0.05, 0.1) is 21.2 Å². The zero-order chi connectivity index (χ0) is 17.4. The van der Waals surface area contributed by atoms with Crippen molar-refractivity contribution in [2.45, 2.75) is 11.1 Å². The van der Waals surface area contributed by atoms with E-state index >= 15 is 0 Å². The van der Waals surface area contributed by atoms with Crippen LogP contribution in [0.15, 0.2) is 45.8 Å². The summed E-state index contributed by atoms with van der Waals surface area (Å²) >= 11 is 10.8. The van der Waals surface area contributed by atoms with Crippen LogP contribution in [0, 0.1) is 3.57 Å². The van der Waals surface area contributed by atoms with Crippen molar-refractivity contribution in [2.24, 2.45) is 0 Å². The first-order valence-electron chi connectivity index (χ1n) is 5.85. The number of alkyl halides is 3. The van der Waals surface area contributed by atoms with Gasteiger partial charge in [0.15, 0.2) is 0 Å². The molecule has 0 amide bonds. The summed E-state index contributed by atoms with van der Waals surface area (Å²) in [6.07, 6.45) is -4.66. The third kappa shape index (κ3) is 4.74. The summed E-state index contributed by atoms with van der Waals surface area (Å²) in [7, 11) is -4.22. The van der Waals surface area contributed by atoms with Crippen LogP contribution >= 0.6 is 50.1 Å². The number of benzene rings is 2. The first kappa shape index (κ1) is 18.8. The predicted octanol–water partition coefficient (Wildman–Crippen LogP) is 5.53. The van der Waals surface area contributed by atoms with Gasteiger partial charge in [-0.15, -0.1) is 0 Å². The van der Waals surface area contributed by atoms with Crippen LogP contribution in [0.1, 0.15) is 5.56 Å². The van der Waals surface area contributed by atoms with E-state index in [2.05, 4.69) is 20.7 Å². The lowest BCUT2D eigenvalue weighted by Gasteiger charge is -2.13. The molecule has 0 saturated carbocycles. The number of hydrogen-bond donors (Lipinski definition) is 1. The average molecular weight is 541 g/mol. The third-order valence-corrected chi connectivity index (χ3v) is 5.47. The van der Waals surface area contributed by atoms with Crippen LogP contribution in [-0.2, 0) is 16.2 Å². The Morgan fingerprint density at radius 2 is 1.78 bits per heavy atom. The molecule has 2 aromatic rings. The van der Waals surface area contributed by atoms with Gasteiger partial charge in [0.1, 0.15) is 0 Å². The largest absolute Gasteiger partial charge is 0.416 e. The van der Waals surface area contributed by atoms with Crippen LogP contribution in [0.5, 0.6) is 0 Å². The molecular formula is C13H7BrClF3INO2S. The SMILES string of the molecule is O=S(=O)(Nc1ccc(I)cc1Cl)c1cc(Br)cc(C(F)(F)F)c1. The molecule has 0 radical (unpaired) electrons. The van der Waals surface area contributed by atoms with Crippen molar-refractivity contribution in [3.05, 3.63) is 55.0 Å². The standard InChI is InChI=1S/C13H7BrClF3INO2S/c14-8-3-7(13(16,17)18)4-10(5-8)23(21,22)20-12-2-1-9(19)6-11(12)15/h1-6,20H.